The van der Waals surface area contributed by atoms with Crippen LogP contribution in [0.5, 0.6) is 0 Å². The molecule has 0 bridgehead atoms. The molecule has 2 heterocycles. The molecule has 2 aromatic carbocycles. The number of carbonyl (C=O) groups is 2. The molecule has 132 valence electrons. The van der Waals surface area contributed by atoms with Gasteiger partial charge in [-0.1, -0.05) is 19.1 Å². The van der Waals surface area contributed by atoms with Crippen molar-refractivity contribution in [3.05, 3.63) is 54.2 Å². The number of hydrogen-bond acceptors (Lipinski definition) is 3. The fourth-order valence-corrected chi connectivity index (χ4v) is 3.31. The van der Waals surface area contributed by atoms with Gasteiger partial charge in [-0.05, 0) is 42.3 Å². The quantitative estimate of drug-likeness (QED) is 0.760. The lowest BCUT2D eigenvalue weighted by atomic mass is 10.1. The van der Waals surface area contributed by atoms with Crippen molar-refractivity contribution in [1.82, 2.24) is 10.2 Å². The summed E-state index contributed by atoms with van der Waals surface area (Å²) in [4.78, 5) is 26.7. The van der Waals surface area contributed by atoms with Crippen LogP contribution in [0, 0.1) is 5.92 Å². The lowest BCUT2D eigenvalue weighted by molar-refractivity contribution is -0.122. The van der Waals surface area contributed by atoms with Crippen molar-refractivity contribution in [2.75, 3.05) is 16.8 Å². The third-order valence-electron chi connectivity index (χ3n) is 4.86. The smallest absolute Gasteiger partial charge is 0.229 e. The van der Waals surface area contributed by atoms with Gasteiger partial charge in [-0.25, -0.2) is 0 Å². The maximum atomic E-state index is 12.6. The summed E-state index contributed by atoms with van der Waals surface area (Å²) in [6, 6.07) is 13.5. The van der Waals surface area contributed by atoms with E-state index >= 15 is 0 Å². The molecule has 0 radical (unpaired) electrons. The molecule has 3 aromatic rings. The molecule has 1 fully saturated rings. The average molecular weight is 348 g/mol. The predicted octanol–water partition coefficient (Wildman–Crippen LogP) is 3.12. The van der Waals surface area contributed by atoms with E-state index in [0.29, 0.717) is 12.2 Å². The summed E-state index contributed by atoms with van der Waals surface area (Å²) in [7, 11) is 0. The molecule has 1 atom stereocenters. The van der Waals surface area contributed by atoms with Crippen molar-refractivity contribution in [1.29, 1.82) is 0 Å². The Hall–Kier alpha value is -3.15. The second kappa shape index (κ2) is 6.63. The molecule has 2 N–H and O–H groups in total. The summed E-state index contributed by atoms with van der Waals surface area (Å²) >= 11 is 0. The Morgan fingerprint density at radius 3 is 2.85 bits per heavy atom. The van der Waals surface area contributed by atoms with Crippen LogP contribution in [-0.4, -0.2) is 28.6 Å². The van der Waals surface area contributed by atoms with Gasteiger partial charge in [0.25, 0.3) is 0 Å². The van der Waals surface area contributed by atoms with E-state index in [-0.39, 0.29) is 24.2 Å². The molecular formula is C20H20N4O2. The molecule has 1 aromatic heterocycles. The minimum atomic E-state index is -0.353. The number of hydrogen-bond donors (Lipinski definition) is 2. The Morgan fingerprint density at radius 1 is 1.27 bits per heavy atom. The van der Waals surface area contributed by atoms with E-state index in [1.165, 1.54) is 5.56 Å². The molecule has 4 rings (SSSR count). The predicted molar refractivity (Wildman–Crippen MR) is 101 cm³/mol. The van der Waals surface area contributed by atoms with Crippen LogP contribution in [0.3, 0.4) is 0 Å². The Bertz CT molecular complexity index is 961. The molecule has 6 nitrogen and oxygen atoms in total. The van der Waals surface area contributed by atoms with Crippen molar-refractivity contribution in [3.63, 3.8) is 0 Å². The van der Waals surface area contributed by atoms with Crippen LogP contribution >= 0.6 is 0 Å². The van der Waals surface area contributed by atoms with Gasteiger partial charge >= 0.3 is 0 Å². The molecule has 1 aliphatic heterocycles. The zero-order valence-corrected chi connectivity index (χ0v) is 14.5. The molecule has 0 aliphatic carbocycles. The van der Waals surface area contributed by atoms with Crippen molar-refractivity contribution in [3.8, 4) is 0 Å². The molecule has 0 spiro atoms. The fraction of sp³-hybridized carbons (Fsp3) is 0.250. The van der Waals surface area contributed by atoms with E-state index < -0.39 is 0 Å². The van der Waals surface area contributed by atoms with E-state index in [1.54, 1.807) is 11.1 Å². The number of nitrogens with zero attached hydrogens (tertiary/aromatic N) is 2. The van der Waals surface area contributed by atoms with Gasteiger partial charge in [-0.15, -0.1) is 0 Å². The van der Waals surface area contributed by atoms with E-state index in [9.17, 15) is 9.59 Å². The van der Waals surface area contributed by atoms with Crippen molar-refractivity contribution in [2.45, 2.75) is 19.8 Å². The highest BCUT2D eigenvalue weighted by atomic mass is 16.2. The van der Waals surface area contributed by atoms with Crippen molar-refractivity contribution >= 4 is 34.1 Å². The molecule has 1 saturated heterocycles. The highest BCUT2D eigenvalue weighted by Crippen LogP contribution is 2.27. The molecule has 6 heteroatoms. The number of rotatable bonds is 4. The fourth-order valence-electron chi connectivity index (χ4n) is 3.31. The van der Waals surface area contributed by atoms with Crippen molar-refractivity contribution in [2.24, 2.45) is 5.92 Å². The van der Waals surface area contributed by atoms with Crippen molar-refractivity contribution < 1.29 is 9.59 Å². The standard InChI is InChI=1S/C20H20N4O2/c1-2-13-3-6-17(7-4-13)24-12-15(10-19(24)25)20(26)22-16-5-8-18-14(9-16)11-21-23-18/h3-9,11,15H,2,10,12H2,1H3,(H,21,23)(H,22,26). The van der Waals surface area contributed by atoms with Gasteiger partial charge in [0, 0.05) is 29.7 Å². The highest BCUT2D eigenvalue weighted by Gasteiger charge is 2.35. The van der Waals surface area contributed by atoms with Crippen LogP contribution in [0.25, 0.3) is 10.9 Å². The second-order valence-corrected chi connectivity index (χ2v) is 6.59. The van der Waals surface area contributed by atoms with E-state index in [4.69, 9.17) is 0 Å². The van der Waals surface area contributed by atoms with Gasteiger partial charge < -0.3 is 10.2 Å². The summed E-state index contributed by atoms with van der Waals surface area (Å²) in [5.74, 6) is -0.498. The maximum Gasteiger partial charge on any atom is 0.229 e. The van der Waals surface area contributed by atoms with Crippen LogP contribution in [0.1, 0.15) is 18.9 Å². The number of aromatic amines is 1. The van der Waals surface area contributed by atoms with Gasteiger partial charge in [-0.3, -0.25) is 14.7 Å². The largest absolute Gasteiger partial charge is 0.326 e. The Kier molecular flexibility index (Phi) is 4.16. The van der Waals surface area contributed by atoms with E-state index in [1.807, 2.05) is 42.5 Å². The third kappa shape index (κ3) is 3.06. The van der Waals surface area contributed by atoms with Gasteiger partial charge in [-0.2, -0.15) is 5.10 Å². The molecule has 1 aliphatic rings. The average Bonchev–Trinajstić information content (AvgIpc) is 3.28. The van der Waals surface area contributed by atoms with Gasteiger partial charge in [0.15, 0.2) is 0 Å². The number of anilines is 2. The topological polar surface area (TPSA) is 78.1 Å². The van der Waals surface area contributed by atoms with Gasteiger partial charge in [0.2, 0.25) is 11.8 Å². The Balaban J connectivity index is 1.45. The monoisotopic (exact) mass is 348 g/mol. The third-order valence-corrected chi connectivity index (χ3v) is 4.86. The summed E-state index contributed by atoms with van der Waals surface area (Å²) in [5.41, 5.74) is 3.70. The summed E-state index contributed by atoms with van der Waals surface area (Å²) in [5, 5.41) is 10.7. The van der Waals surface area contributed by atoms with Crippen LogP contribution in [-0.2, 0) is 16.0 Å². The number of benzene rings is 2. The number of nitrogens with one attached hydrogen (secondary N) is 2. The minimum absolute atomic E-state index is 0.0142. The van der Waals surface area contributed by atoms with Crippen LogP contribution < -0.4 is 10.2 Å². The lowest BCUT2D eigenvalue weighted by Gasteiger charge is -2.17. The van der Waals surface area contributed by atoms with E-state index in [0.717, 1.165) is 23.0 Å². The molecule has 26 heavy (non-hydrogen) atoms. The Morgan fingerprint density at radius 2 is 2.08 bits per heavy atom. The van der Waals surface area contributed by atoms with E-state index in [2.05, 4.69) is 22.4 Å². The first-order chi connectivity index (χ1) is 12.6. The molecule has 1 unspecified atom stereocenters. The lowest BCUT2D eigenvalue weighted by Crippen LogP contribution is -2.28. The molecule has 2 amide bonds. The molecule has 0 saturated carbocycles. The number of aryl methyl sites for hydroxylation is 1. The molecular weight excluding hydrogens is 328 g/mol. The second-order valence-electron chi connectivity index (χ2n) is 6.59. The normalized spacial score (nSPS) is 17.0. The number of aromatic nitrogens is 2. The number of H-pyrrole nitrogens is 1. The minimum Gasteiger partial charge on any atom is -0.326 e. The zero-order valence-electron chi connectivity index (χ0n) is 14.5. The summed E-state index contributed by atoms with van der Waals surface area (Å²) in [6.45, 7) is 2.50. The number of carbonyl (C=O) groups excluding carboxylic acids is 2. The number of amides is 2. The van der Waals surface area contributed by atoms with Crippen LogP contribution in [0.2, 0.25) is 0 Å². The van der Waals surface area contributed by atoms with Crippen LogP contribution in [0.4, 0.5) is 11.4 Å². The summed E-state index contributed by atoms with van der Waals surface area (Å²) < 4.78 is 0. The SMILES string of the molecule is CCc1ccc(N2CC(C(=O)Nc3ccc4[nH]ncc4c3)CC2=O)cc1. The first kappa shape index (κ1) is 16.3. The summed E-state index contributed by atoms with van der Waals surface area (Å²) in [6.07, 6.45) is 2.90. The maximum absolute atomic E-state index is 12.6. The first-order valence-corrected chi connectivity index (χ1v) is 8.77. The highest BCUT2D eigenvalue weighted by molar-refractivity contribution is 6.04. The van der Waals surface area contributed by atoms with Gasteiger partial charge in [0.1, 0.15) is 0 Å². The first-order valence-electron chi connectivity index (χ1n) is 8.77. The van der Waals surface area contributed by atoms with Gasteiger partial charge in [0.05, 0.1) is 17.6 Å². The zero-order chi connectivity index (χ0) is 18.1. The van der Waals surface area contributed by atoms with Crippen LogP contribution in [0.15, 0.2) is 48.7 Å². The number of fused-ring (bicyclic) bond motifs is 1. The Labute approximate surface area is 151 Å².